The summed E-state index contributed by atoms with van der Waals surface area (Å²) in [6.07, 6.45) is 3.70. The Balaban J connectivity index is 2.10. The first-order valence-corrected chi connectivity index (χ1v) is 6.44. The molecule has 2 rings (SSSR count). The molecule has 0 aliphatic rings. The van der Waals surface area contributed by atoms with Crippen molar-refractivity contribution >= 4 is 0 Å². The Morgan fingerprint density at radius 3 is 2.37 bits per heavy atom. The summed E-state index contributed by atoms with van der Waals surface area (Å²) in [6, 6.07) is 5.86. The standard InChI is InChI=1S/C15H20N4/c1-11-6-5-7-13(19-11)14-16-8-12(9-17-14)10-18-15(2,3)4/h5-9,18H,10H2,1-4H3. The minimum Gasteiger partial charge on any atom is -0.308 e. The Morgan fingerprint density at radius 2 is 1.79 bits per heavy atom. The van der Waals surface area contributed by atoms with Crippen LogP contribution in [0.15, 0.2) is 30.6 Å². The average Bonchev–Trinajstić information content (AvgIpc) is 2.36. The van der Waals surface area contributed by atoms with Crippen molar-refractivity contribution in [1.82, 2.24) is 20.3 Å². The Hall–Kier alpha value is -1.81. The van der Waals surface area contributed by atoms with Gasteiger partial charge in [0.1, 0.15) is 5.69 Å². The third kappa shape index (κ3) is 4.10. The number of hydrogen-bond acceptors (Lipinski definition) is 4. The van der Waals surface area contributed by atoms with E-state index >= 15 is 0 Å². The normalized spacial score (nSPS) is 11.6. The quantitative estimate of drug-likeness (QED) is 0.917. The van der Waals surface area contributed by atoms with Crippen LogP contribution in [0.3, 0.4) is 0 Å². The number of pyridine rings is 1. The van der Waals surface area contributed by atoms with Gasteiger partial charge in [-0.3, -0.25) is 0 Å². The number of nitrogens with one attached hydrogen (secondary N) is 1. The summed E-state index contributed by atoms with van der Waals surface area (Å²) in [6.45, 7) is 9.15. The predicted octanol–water partition coefficient (Wildman–Crippen LogP) is 2.74. The molecule has 0 bridgehead atoms. The fourth-order valence-electron chi connectivity index (χ4n) is 1.61. The van der Waals surface area contributed by atoms with E-state index in [1.807, 2.05) is 37.5 Å². The molecule has 1 N–H and O–H groups in total. The van der Waals surface area contributed by atoms with Crippen LogP contribution < -0.4 is 5.32 Å². The molecule has 0 saturated heterocycles. The number of aromatic nitrogens is 3. The van der Waals surface area contributed by atoms with Gasteiger partial charge in [0.25, 0.3) is 0 Å². The van der Waals surface area contributed by atoms with Gasteiger partial charge in [0.2, 0.25) is 0 Å². The highest BCUT2D eigenvalue weighted by atomic mass is 15.0. The molecule has 0 aliphatic carbocycles. The van der Waals surface area contributed by atoms with Crippen molar-refractivity contribution < 1.29 is 0 Å². The molecule has 2 heterocycles. The van der Waals surface area contributed by atoms with Crippen molar-refractivity contribution in [3.05, 3.63) is 41.9 Å². The highest BCUT2D eigenvalue weighted by molar-refractivity contribution is 5.48. The molecular weight excluding hydrogens is 236 g/mol. The van der Waals surface area contributed by atoms with Crippen molar-refractivity contribution in [2.45, 2.75) is 39.8 Å². The molecule has 0 unspecified atom stereocenters. The van der Waals surface area contributed by atoms with E-state index in [0.717, 1.165) is 23.5 Å². The van der Waals surface area contributed by atoms with Crippen LogP contribution in [0.4, 0.5) is 0 Å². The number of rotatable bonds is 3. The lowest BCUT2D eigenvalue weighted by Crippen LogP contribution is -2.35. The first-order chi connectivity index (χ1) is 8.94. The topological polar surface area (TPSA) is 50.7 Å². The Kier molecular flexibility index (Phi) is 3.90. The van der Waals surface area contributed by atoms with E-state index < -0.39 is 0 Å². The minimum absolute atomic E-state index is 0.0940. The monoisotopic (exact) mass is 256 g/mol. The second-order valence-electron chi connectivity index (χ2n) is 5.68. The smallest absolute Gasteiger partial charge is 0.178 e. The lowest BCUT2D eigenvalue weighted by atomic mass is 10.1. The molecule has 0 aliphatic heterocycles. The largest absolute Gasteiger partial charge is 0.308 e. The molecular formula is C15H20N4. The van der Waals surface area contributed by atoms with Gasteiger partial charge >= 0.3 is 0 Å². The summed E-state index contributed by atoms with van der Waals surface area (Å²) in [5.41, 5.74) is 2.96. The second kappa shape index (κ2) is 5.45. The van der Waals surface area contributed by atoms with E-state index in [-0.39, 0.29) is 5.54 Å². The van der Waals surface area contributed by atoms with E-state index in [9.17, 15) is 0 Å². The first-order valence-electron chi connectivity index (χ1n) is 6.44. The van der Waals surface area contributed by atoms with E-state index in [4.69, 9.17) is 0 Å². The summed E-state index contributed by atoms with van der Waals surface area (Å²) in [5, 5.41) is 3.41. The summed E-state index contributed by atoms with van der Waals surface area (Å²) in [5.74, 6) is 0.670. The van der Waals surface area contributed by atoms with E-state index in [1.165, 1.54) is 0 Å². The molecule has 0 amide bonds. The molecule has 0 spiro atoms. The van der Waals surface area contributed by atoms with Gasteiger partial charge in [-0.1, -0.05) is 6.07 Å². The highest BCUT2D eigenvalue weighted by Gasteiger charge is 2.09. The van der Waals surface area contributed by atoms with Gasteiger partial charge in [0.05, 0.1) is 0 Å². The molecule has 0 aromatic carbocycles. The van der Waals surface area contributed by atoms with Crippen LogP contribution in [0, 0.1) is 6.92 Å². The lowest BCUT2D eigenvalue weighted by Gasteiger charge is -2.20. The van der Waals surface area contributed by atoms with Crippen LogP contribution in [0.5, 0.6) is 0 Å². The van der Waals surface area contributed by atoms with Crippen molar-refractivity contribution in [1.29, 1.82) is 0 Å². The zero-order chi connectivity index (χ0) is 13.9. The van der Waals surface area contributed by atoms with Crippen LogP contribution in [0.1, 0.15) is 32.0 Å². The molecule has 0 saturated carbocycles. The van der Waals surface area contributed by atoms with E-state index in [2.05, 4.69) is 41.0 Å². The molecule has 0 fully saturated rings. The molecule has 0 radical (unpaired) electrons. The fourth-order valence-corrected chi connectivity index (χ4v) is 1.61. The maximum Gasteiger partial charge on any atom is 0.178 e. The maximum absolute atomic E-state index is 4.42. The molecule has 100 valence electrons. The maximum atomic E-state index is 4.42. The summed E-state index contributed by atoms with van der Waals surface area (Å²) in [7, 11) is 0. The van der Waals surface area contributed by atoms with Gasteiger partial charge in [-0.25, -0.2) is 15.0 Å². The van der Waals surface area contributed by atoms with Crippen LogP contribution in [-0.4, -0.2) is 20.5 Å². The summed E-state index contributed by atoms with van der Waals surface area (Å²) in [4.78, 5) is 13.2. The third-order valence-electron chi connectivity index (χ3n) is 2.65. The van der Waals surface area contributed by atoms with E-state index in [1.54, 1.807) is 0 Å². The third-order valence-corrected chi connectivity index (χ3v) is 2.65. The van der Waals surface area contributed by atoms with Gasteiger partial charge in [-0.05, 0) is 39.8 Å². The summed E-state index contributed by atoms with van der Waals surface area (Å²) >= 11 is 0. The van der Waals surface area contributed by atoms with Crippen molar-refractivity contribution in [2.24, 2.45) is 0 Å². The minimum atomic E-state index is 0.0940. The Bertz CT molecular complexity index is 541. The fraction of sp³-hybridized carbons (Fsp3) is 0.400. The van der Waals surface area contributed by atoms with Crippen LogP contribution >= 0.6 is 0 Å². The molecule has 19 heavy (non-hydrogen) atoms. The number of aryl methyl sites for hydroxylation is 1. The SMILES string of the molecule is Cc1cccc(-c2ncc(CNC(C)(C)C)cn2)n1. The first kappa shape index (κ1) is 13.6. The average molecular weight is 256 g/mol. The zero-order valence-corrected chi connectivity index (χ0v) is 11.9. The predicted molar refractivity (Wildman–Crippen MR) is 76.6 cm³/mol. The van der Waals surface area contributed by atoms with Gasteiger partial charge in [0, 0.05) is 35.7 Å². The zero-order valence-electron chi connectivity index (χ0n) is 11.9. The van der Waals surface area contributed by atoms with Gasteiger partial charge in [-0.15, -0.1) is 0 Å². The highest BCUT2D eigenvalue weighted by Crippen LogP contribution is 2.12. The Morgan fingerprint density at radius 1 is 1.11 bits per heavy atom. The number of hydrogen-bond donors (Lipinski definition) is 1. The van der Waals surface area contributed by atoms with Crippen LogP contribution in [0.2, 0.25) is 0 Å². The van der Waals surface area contributed by atoms with Gasteiger partial charge in [0.15, 0.2) is 5.82 Å². The van der Waals surface area contributed by atoms with E-state index in [0.29, 0.717) is 5.82 Å². The second-order valence-corrected chi connectivity index (χ2v) is 5.68. The van der Waals surface area contributed by atoms with Crippen molar-refractivity contribution in [2.75, 3.05) is 0 Å². The van der Waals surface area contributed by atoms with Crippen molar-refractivity contribution in [3.63, 3.8) is 0 Å². The van der Waals surface area contributed by atoms with Gasteiger partial charge < -0.3 is 5.32 Å². The number of nitrogens with zero attached hydrogens (tertiary/aromatic N) is 3. The Labute approximate surface area is 114 Å². The van der Waals surface area contributed by atoms with Crippen LogP contribution in [-0.2, 0) is 6.54 Å². The van der Waals surface area contributed by atoms with Gasteiger partial charge in [-0.2, -0.15) is 0 Å². The van der Waals surface area contributed by atoms with Crippen molar-refractivity contribution in [3.8, 4) is 11.5 Å². The molecule has 4 heteroatoms. The van der Waals surface area contributed by atoms with Crippen LogP contribution in [0.25, 0.3) is 11.5 Å². The molecule has 2 aromatic heterocycles. The molecule has 2 aromatic rings. The lowest BCUT2D eigenvalue weighted by molar-refractivity contribution is 0.423. The molecule has 0 atom stereocenters. The summed E-state index contributed by atoms with van der Waals surface area (Å²) < 4.78 is 0. The molecule has 4 nitrogen and oxygen atoms in total.